The molecule has 1 heterocycles. The Morgan fingerprint density at radius 1 is 1.71 bits per heavy atom. The average Bonchev–Trinajstić information content (AvgIpc) is 2.08. The third kappa shape index (κ3) is 1.64. The largest absolute Gasteiger partial charge is 0.477 e. The van der Waals surface area contributed by atoms with Gasteiger partial charge in [0.05, 0.1) is 10.6 Å². The zero-order chi connectivity index (χ0) is 10.9. The summed E-state index contributed by atoms with van der Waals surface area (Å²) in [5, 5.41) is 18.9. The van der Waals surface area contributed by atoms with Gasteiger partial charge < -0.3 is 5.11 Å². The number of aromatic carboxylic acids is 1. The van der Waals surface area contributed by atoms with E-state index in [0.717, 1.165) is 6.20 Å². The zero-order valence-corrected chi connectivity index (χ0v) is 7.78. The van der Waals surface area contributed by atoms with Gasteiger partial charge in [0.2, 0.25) is 0 Å². The second-order valence-electron chi connectivity index (χ2n) is 2.48. The topological polar surface area (TPSA) is 93.3 Å². The molecule has 1 rings (SSSR count). The fraction of sp³-hybridized carbons (Fsp3) is 0.143. The summed E-state index contributed by atoms with van der Waals surface area (Å²) in [6.45, 7) is 1.46. The van der Waals surface area contributed by atoms with E-state index in [2.05, 4.69) is 4.98 Å². The van der Waals surface area contributed by atoms with Crippen molar-refractivity contribution in [3.05, 3.63) is 32.6 Å². The molecule has 74 valence electrons. The minimum absolute atomic E-state index is 0.225. The summed E-state index contributed by atoms with van der Waals surface area (Å²) in [5.74, 6) is -1.42. The van der Waals surface area contributed by atoms with Gasteiger partial charge in [-0.2, -0.15) is 0 Å². The molecule has 0 spiro atoms. The van der Waals surface area contributed by atoms with Crippen LogP contribution in [0.25, 0.3) is 0 Å². The molecule has 6 nitrogen and oxygen atoms in total. The summed E-state index contributed by atoms with van der Waals surface area (Å²) in [6.07, 6.45) is 0.918. The average molecular weight is 217 g/mol. The van der Waals surface area contributed by atoms with E-state index < -0.39 is 22.1 Å². The Bertz CT molecular complexity index is 418. The summed E-state index contributed by atoms with van der Waals surface area (Å²) in [6, 6.07) is 0. The first-order chi connectivity index (χ1) is 6.45. The maximum Gasteiger partial charge on any atom is 0.344 e. The van der Waals surface area contributed by atoms with Crippen molar-refractivity contribution in [1.29, 1.82) is 0 Å². The number of carboxylic acids is 1. The standard InChI is InChI=1S/C7H5ClN2O4/c1-3-5(8)6(10(13)14)4(2-9-3)7(11)12/h2H,1H3,(H,11,12). The number of hydrogen-bond acceptors (Lipinski definition) is 4. The van der Waals surface area contributed by atoms with Crippen LogP contribution in [0.2, 0.25) is 5.02 Å². The third-order valence-electron chi connectivity index (χ3n) is 1.58. The van der Waals surface area contributed by atoms with Crippen LogP contribution in [0.15, 0.2) is 6.20 Å². The smallest absolute Gasteiger partial charge is 0.344 e. The number of carbonyl (C=O) groups is 1. The number of rotatable bonds is 2. The van der Waals surface area contributed by atoms with Crippen molar-refractivity contribution in [3.63, 3.8) is 0 Å². The molecule has 0 aliphatic rings. The van der Waals surface area contributed by atoms with Crippen LogP contribution in [0.1, 0.15) is 16.1 Å². The summed E-state index contributed by atoms with van der Waals surface area (Å²) < 4.78 is 0. The highest BCUT2D eigenvalue weighted by Gasteiger charge is 2.25. The fourth-order valence-corrected chi connectivity index (χ4v) is 1.12. The van der Waals surface area contributed by atoms with E-state index >= 15 is 0 Å². The van der Waals surface area contributed by atoms with Crippen LogP contribution in [0.3, 0.4) is 0 Å². The minimum atomic E-state index is -1.42. The van der Waals surface area contributed by atoms with Crippen LogP contribution in [0.4, 0.5) is 5.69 Å². The van der Waals surface area contributed by atoms with Gasteiger partial charge >= 0.3 is 11.7 Å². The molecule has 0 aromatic carbocycles. The van der Waals surface area contributed by atoms with Gasteiger partial charge in [0.25, 0.3) is 0 Å². The predicted octanol–water partition coefficient (Wildman–Crippen LogP) is 1.65. The number of pyridine rings is 1. The van der Waals surface area contributed by atoms with Crippen molar-refractivity contribution in [3.8, 4) is 0 Å². The Kier molecular flexibility index (Phi) is 2.66. The molecular weight excluding hydrogens is 212 g/mol. The lowest BCUT2D eigenvalue weighted by molar-refractivity contribution is -0.385. The molecule has 0 unspecified atom stereocenters. The molecule has 0 amide bonds. The first-order valence-electron chi connectivity index (χ1n) is 3.48. The molecule has 1 N–H and O–H groups in total. The molecule has 0 fully saturated rings. The van der Waals surface area contributed by atoms with Gasteiger partial charge in [-0.25, -0.2) is 4.79 Å². The monoisotopic (exact) mass is 216 g/mol. The number of hydrogen-bond donors (Lipinski definition) is 1. The zero-order valence-electron chi connectivity index (χ0n) is 7.02. The first kappa shape index (κ1) is 10.4. The van der Waals surface area contributed by atoms with E-state index in [-0.39, 0.29) is 10.7 Å². The van der Waals surface area contributed by atoms with Crippen molar-refractivity contribution in [2.24, 2.45) is 0 Å². The van der Waals surface area contributed by atoms with Crippen molar-refractivity contribution in [2.75, 3.05) is 0 Å². The van der Waals surface area contributed by atoms with E-state index in [1.54, 1.807) is 0 Å². The molecule has 0 atom stereocenters. The highest BCUT2D eigenvalue weighted by atomic mass is 35.5. The molecule has 1 aromatic rings. The molecule has 0 aliphatic carbocycles. The van der Waals surface area contributed by atoms with Crippen LogP contribution in [0, 0.1) is 17.0 Å². The summed E-state index contributed by atoms with van der Waals surface area (Å²) in [7, 11) is 0. The molecule has 14 heavy (non-hydrogen) atoms. The quantitative estimate of drug-likeness (QED) is 0.599. The van der Waals surface area contributed by atoms with Crippen LogP contribution in [-0.4, -0.2) is 21.0 Å². The predicted molar refractivity (Wildman–Crippen MR) is 47.6 cm³/mol. The van der Waals surface area contributed by atoms with E-state index in [9.17, 15) is 14.9 Å². The number of aryl methyl sites for hydroxylation is 1. The van der Waals surface area contributed by atoms with Gasteiger partial charge in [-0.3, -0.25) is 15.1 Å². The fourth-order valence-electron chi connectivity index (χ4n) is 0.904. The Morgan fingerprint density at radius 3 is 2.71 bits per heavy atom. The lowest BCUT2D eigenvalue weighted by atomic mass is 10.2. The molecular formula is C7H5ClN2O4. The maximum atomic E-state index is 10.6. The Morgan fingerprint density at radius 2 is 2.29 bits per heavy atom. The molecule has 1 aromatic heterocycles. The second-order valence-corrected chi connectivity index (χ2v) is 2.86. The van der Waals surface area contributed by atoms with E-state index in [1.165, 1.54) is 6.92 Å². The number of halogens is 1. The number of nitrogens with zero attached hydrogens (tertiary/aromatic N) is 2. The molecule has 0 bridgehead atoms. The molecule has 0 radical (unpaired) electrons. The Hall–Kier alpha value is -1.69. The Balaban J connectivity index is 3.53. The lowest BCUT2D eigenvalue weighted by Crippen LogP contribution is -2.05. The molecule has 0 saturated heterocycles. The number of nitro groups is 1. The Labute approximate surface area is 83.3 Å². The van der Waals surface area contributed by atoms with Gasteiger partial charge in [-0.1, -0.05) is 11.6 Å². The third-order valence-corrected chi connectivity index (χ3v) is 2.03. The van der Waals surface area contributed by atoms with Gasteiger partial charge in [0, 0.05) is 6.20 Å². The van der Waals surface area contributed by atoms with E-state index in [1.807, 2.05) is 0 Å². The first-order valence-corrected chi connectivity index (χ1v) is 3.85. The maximum absolute atomic E-state index is 10.6. The molecule has 7 heteroatoms. The van der Waals surface area contributed by atoms with Gasteiger partial charge in [-0.05, 0) is 6.92 Å². The van der Waals surface area contributed by atoms with Crippen molar-refractivity contribution in [1.82, 2.24) is 4.98 Å². The van der Waals surface area contributed by atoms with Crippen LogP contribution < -0.4 is 0 Å². The number of aromatic nitrogens is 1. The van der Waals surface area contributed by atoms with Crippen molar-refractivity contribution in [2.45, 2.75) is 6.92 Å². The highest BCUT2D eigenvalue weighted by molar-refractivity contribution is 6.33. The number of carboxylic acid groups (broad SMARTS) is 1. The second kappa shape index (κ2) is 3.59. The minimum Gasteiger partial charge on any atom is -0.477 e. The van der Waals surface area contributed by atoms with E-state index in [4.69, 9.17) is 16.7 Å². The van der Waals surface area contributed by atoms with Crippen molar-refractivity contribution >= 4 is 23.3 Å². The van der Waals surface area contributed by atoms with Gasteiger partial charge in [0.15, 0.2) is 5.56 Å². The summed E-state index contributed by atoms with van der Waals surface area (Å²) >= 11 is 5.57. The SMILES string of the molecule is Cc1ncc(C(=O)O)c([N+](=O)[O-])c1Cl. The van der Waals surface area contributed by atoms with Gasteiger partial charge in [0.1, 0.15) is 5.02 Å². The lowest BCUT2D eigenvalue weighted by Gasteiger charge is -2.01. The van der Waals surface area contributed by atoms with Crippen LogP contribution in [-0.2, 0) is 0 Å². The van der Waals surface area contributed by atoms with Crippen molar-refractivity contribution < 1.29 is 14.8 Å². The normalized spacial score (nSPS) is 9.86. The summed E-state index contributed by atoms with van der Waals surface area (Å²) in [5.41, 5.74) is -0.902. The van der Waals surface area contributed by atoms with E-state index in [0.29, 0.717) is 0 Å². The molecule has 0 aliphatic heterocycles. The highest BCUT2D eigenvalue weighted by Crippen LogP contribution is 2.29. The van der Waals surface area contributed by atoms with Crippen LogP contribution in [0.5, 0.6) is 0 Å². The molecule has 0 saturated carbocycles. The summed E-state index contributed by atoms with van der Waals surface area (Å²) in [4.78, 5) is 23.9. The van der Waals surface area contributed by atoms with Gasteiger partial charge in [-0.15, -0.1) is 0 Å². The van der Waals surface area contributed by atoms with Crippen LogP contribution >= 0.6 is 11.6 Å².